The molecule has 0 unspecified atom stereocenters. The van der Waals surface area contributed by atoms with E-state index in [2.05, 4.69) is 28.3 Å². The minimum absolute atomic E-state index is 0.766. The summed E-state index contributed by atoms with van der Waals surface area (Å²) in [5.41, 5.74) is 4.73. The lowest BCUT2D eigenvalue weighted by molar-refractivity contribution is 0.309. The molecule has 0 atom stereocenters. The van der Waals surface area contributed by atoms with E-state index in [1.807, 2.05) is 50.2 Å². The Hall–Kier alpha value is -2.62. The Morgan fingerprint density at radius 2 is 1.71 bits per heavy atom. The van der Waals surface area contributed by atoms with Crippen molar-refractivity contribution in [1.29, 1.82) is 0 Å². The quantitative estimate of drug-likeness (QED) is 0.636. The van der Waals surface area contributed by atoms with Crippen molar-refractivity contribution in [2.45, 2.75) is 33.6 Å². The van der Waals surface area contributed by atoms with Crippen molar-refractivity contribution in [3.05, 3.63) is 53.9 Å². The highest BCUT2D eigenvalue weighted by Crippen LogP contribution is 2.26. The molecule has 0 bridgehead atoms. The first kappa shape index (κ1) is 16.2. The molecule has 124 valence electrons. The van der Waals surface area contributed by atoms with Gasteiger partial charge in [0.1, 0.15) is 5.75 Å². The van der Waals surface area contributed by atoms with E-state index in [-0.39, 0.29) is 0 Å². The van der Waals surface area contributed by atoms with Gasteiger partial charge in [0.05, 0.1) is 12.3 Å². The number of pyridine rings is 2. The molecule has 3 rings (SSSR count). The van der Waals surface area contributed by atoms with Gasteiger partial charge < -0.3 is 10.1 Å². The molecule has 0 radical (unpaired) electrons. The summed E-state index contributed by atoms with van der Waals surface area (Å²) in [6.45, 7) is 6.89. The average Bonchev–Trinajstić information content (AvgIpc) is 2.56. The normalized spacial score (nSPS) is 10.8. The van der Waals surface area contributed by atoms with Gasteiger partial charge in [-0.15, -0.1) is 0 Å². The molecule has 4 nitrogen and oxygen atoms in total. The van der Waals surface area contributed by atoms with Crippen LogP contribution in [0.3, 0.4) is 0 Å². The Balaban J connectivity index is 1.82. The van der Waals surface area contributed by atoms with Crippen LogP contribution in [0.4, 0.5) is 11.4 Å². The fraction of sp³-hybridized carbons (Fsp3) is 0.300. The molecule has 0 aliphatic heterocycles. The van der Waals surface area contributed by atoms with Crippen LogP contribution in [0.2, 0.25) is 0 Å². The number of ether oxygens (including phenoxy) is 1. The topological polar surface area (TPSA) is 47.0 Å². The van der Waals surface area contributed by atoms with Crippen molar-refractivity contribution in [1.82, 2.24) is 9.97 Å². The second kappa shape index (κ2) is 7.30. The third-order valence-corrected chi connectivity index (χ3v) is 3.84. The maximum Gasteiger partial charge on any atom is 0.161 e. The highest BCUT2D eigenvalue weighted by atomic mass is 16.5. The number of nitrogens with one attached hydrogen (secondary N) is 1. The van der Waals surface area contributed by atoms with E-state index in [4.69, 9.17) is 4.74 Å². The number of unbranched alkanes of at least 4 members (excludes halogenated alkanes) is 1. The maximum atomic E-state index is 5.71. The lowest BCUT2D eigenvalue weighted by Crippen LogP contribution is -1.98. The minimum atomic E-state index is 0.766. The van der Waals surface area contributed by atoms with Gasteiger partial charge in [-0.25, -0.2) is 9.97 Å². The van der Waals surface area contributed by atoms with Crippen molar-refractivity contribution in [2.75, 3.05) is 11.9 Å². The first-order valence-electron chi connectivity index (χ1n) is 8.40. The molecule has 2 heterocycles. The number of benzene rings is 1. The number of aryl methyl sites for hydroxylation is 2. The van der Waals surface area contributed by atoms with E-state index in [1.54, 1.807) is 0 Å². The van der Waals surface area contributed by atoms with Gasteiger partial charge in [0.15, 0.2) is 5.65 Å². The third kappa shape index (κ3) is 3.82. The lowest BCUT2D eigenvalue weighted by atomic mass is 10.2. The number of fused-ring (bicyclic) bond motifs is 1. The van der Waals surface area contributed by atoms with Gasteiger partial charge in [0, 0.05) is 22.5 Å². The summed E-state index contributed by atoms with van der Waals surface area (Å²) in [5, 5.41) is 4.49. The van der Waals surface area contributed by atoms with Crippen molar-refractivity contribution in [3.63, 3.8) is 0 Å². The maximum absolute atomic E-state index is 5.71. The Labute approximate surface area is 142 Å². The first-order valence-corrected chi connectivity index (χ1v) is 8.40. The minimum Gasteiger partial charge on any atom is -0.494 e. The van der Waals surface area contributed by atoms with E-state index in [0.29, 0.717) is 0 Å². The molecule has 24 heavy (non-hydrogen) atoms. The first-order chi connectivity index (χ1) is 11.7. The third-order valence-electron chi connectivity index (χ3n) is 3.84. The van der Waals surface area contributed by atoms with E-state index >= 15 is 0 Å². The monoisotopic (exact) mass is 321 g/mol. The van der Waals surface area contributed by atoms with Crippen molar-refractivity contribution < 1.29 is 4.74 Å². The molecule has 4 heteroatoms. The summed E-state index contributed by atoms with van der Waals surface area (Å²) < 4.78 is 5.71. The fourth-order valence-electron chi connectivity index (χ4n) is 2.55. The zero-order valence-electron chi connectivity index (χ0n) is 14.5. The Bertz CT molecular complexity index is 823. The van der Waals surface area contributed by atoms with Crippen LogP contribution in [0.15, 0.2) is 42.5 Å². The van der Waals surface area contributed by atoms with E-state index < -0.39 is 0 Å². The fourth-order valence-corrected chi connectivity index (χ4v) is 2.55. The van der Waals surface area contributed by atoms with Crippen molar-refractivity contribution in [3.8, 4) is 5.75 Å². The summed E-state index contributed by atoms with van der Waals surface area (Å²) in [6.07, 6.45) is 2.22. The second-order valence-corrected chi connectivity index (χ2v) is 5.99. The Morgan fingerprint density at radius 3 is 2.46 bits per heavy atom. The van der Waals surface area contributed by atoms with Crippen LogP contribution in [0.1, 0.15) is 31.2 Å². The SMILES string of the molecule is CCCCOc1ccc(Nc2cc(C)nc3nc(C)ccc23)cc1. The number of rotatable bonds is 6. The molecule has 1 N–H and O–H groups in total. The lowest BCUT2D eigenvalue weighted by Gasteiger charge is -2.12. The molecule has 3 aromatic rings. The molecule has 0 saturated heterocycles. The summed E-state index contributed by atoms with van der Waals surface area (Å²) >= 11 is 0. The van der Waals surface area contributed by atoms with Crippen LogP contribution >= 0.6 is 0 Å². The molecular weight excluding hydrogens is 298 g/mol. The van der Waals surface area contributed by atoms with Crippen LogP contribution in [-0.4, -0.2) is 16.6 Å². The van der Waals surface area contributed by atoms with E-state index in [0.717, 1.165) is 59.0 Å². The van der Waals surface area contributed by atoms with Crippen LogP contribution in [0.5, 0.6) is 5.75 Å². The summed E-state index contributed by atoms with van der Waals surface area (Å²) in [4.78, 5) is 9.05. The van der Waals surface area contributed by atoms with Crippen LogP contribution in [-0.2, 0) is 0 Å². The van der Waals surface area contributed by atoms with Crippen LogP contribution < -0.4 is 10.1 Å². The Kier molecular flexibility index (Phi) is 4.94. The van der Waals surface area contributed by atoms with E-state index in [9.17, 15) is 0 Å². The number of anilines is 2. The second-order valence-electron chi connectivity index (χ2n) is 5.99. The van der Waals surface area contributed by atoms with Crippen molar-refractivity contribution >= 4 is 22.4 Å². The van der Waals surface area contributed by atoms with E-state index in [1.165, 1.54) is 0 Å². The highest BCUT2D eigenvalue weighted by Gasteiger charge is 2.06. The molecule has 0 amide bonds. The molecule has 0 fully saturated rings. The molecule has 1 aromatic carbocycles. The van der Waals surface area contributed by atoms with Gasteiger partial charge in [0.25, 0.3) is 0 Å². The summed E-state index contributed by atoms with van der Waals surface area (Å²) in [5.74, 6) is 0.905. The predicted octanol–water partition coefficient (Wildman–Crippen LogP) is 5.17. The number of hydrogen-bond donors (Lipinski definition) is 1. The largest absolute Gasteiger partial charge is 0.494 e. The molecule has 0 aliphatic carbocycles. The molecule has 0 spiro atoms. The van der Waals surface area contributed by atoms with Gasteiger partial charge in [-0.2, -0.15) is 0 Å². The highest BCUT2D eigenvalue weighted by molar-refractivity contribution is 5.91. The van der Waals surface area contributed by atoms with Crippen LogP contribution in [0.25, 0.3) is 11.0 Å². The molecular formula is C20H23N3O. The molecule has 2 aromatic heterocycles. The number of nitrogens with zero attached hydrogens (tertiary/aromatic N) is 2. The van der Waals surface area contributed by atoms with Gasteiger partial charge in [0.2, 0.25) is 0 Å². The smallest absolute Gasteiger partial charge is 0.161 e. The van der Waals surface area contributed by atoms with Gasteiger partial charge in [-0.1, -0.05) is 13.3 Å². The standard InChI is InChI=1S/C20H23N3O/c1-4-5-12-24-17-9-7-16(8-10-17)23-19-13-15(3)22-20-18(19)11-6-14(2)21-20/h6-11,13H,4-5,12H2,1-3H3,(H,21,22,23). The zero-order chi connectivity index (χ0) is 16.9. The molecule has 0 saturated carbocycles. The summed E-state index contributed by atoms with van der Waals surface area (Å²) in [6, 6.07) is 14.2. The van der Waals surface area contributed by atoms with Gasteiger partial charge >= 0.3 is 0 Å². The number of aromatic nitrogens is 2. The Morgan fingerprint density at radius 1 is 0.958 bits per heavy atom. The summed E-state index contributed by atoms with van der Waals surface area (Å²) in [7, 11) is 0. The van der Waals surface area contributed by atoms with Crippen LogP contribution in [0, 0.1) is 13.8 Å². The molecule has 0 aliphatic rings. The number of hydrogen-bond acceptors (Lipinski definition) is 4. The predicted molar refractivity (Wildman–Crippen MR) is 99.1 cm³/mol. The average molecular weight is 321 g/mol. The van der Waals surface area contributed by atoms with Crippen molar-refractivity contribution in [2.24, 2.45) is 0 Å². The van der Waals surface area contributed by atoms with Gasteiger partial charge in [-0.3, -0.25) is 0 Å². The van der Waals surface area contributed by atoms with Gasteiger partial charge in [-0.05, 0) is 62.7 Å². The zero-order valence-corrected chi connectivity index (χ0v) is 14.5.